The number of nitriles is 1. The minimum absolute atomic E-state index is 0.290. The first kappa shape index (κ1) is 9.01. The SMILES string of the molecule is CCOC(=O)C1(C(O)C#N)CC1. The van der Waals surface area contributed by atoms with E-state index in [1.165, 1.54) is 0 Å². The van der Waals surface area contributed by atoms with Gasteiger partial charge in [0.25, 0.3) is 0 Å². The van der Waals surface area contributed by atoms with E-state index in [1.54, 1.807) is 13.0 Å². The van der Waals surface area contributed by atoms with Gasteiger partial charge >= 0.3 is 5.97 Å². The Balaban J connectivity index is 2.61. The third-order valence-corrected chi connectivity index (χ3v) is 2.12. The Morgan fingerprint density at radius 3 is 2.75 bits per heavy atom. The van der Waals surface area contributed by atoms with Crippen LogP contribution in [0.4, 0.5) is 0 Å². The van der Waals surface area contributed by atoms with Crippen LogP contribution in [0.1, 0.15) is 19.8 Å². The van der Waals surface area contributed by atoms with Gasteiger partial charge in [-0.25, -0.2) is 0 Å². The van der Waals surface area contributed by atoms with Crippen LogP contribution in [-0.4, -0.2) is 23.8 Å². The van der Waals surface area contributed by atoms with Gasteiger partial charge in [-0.3, -0.25) is 4.79 Å². The van der Waals surface area contributed by atoms with Crippen LogP contribution in [0.15, 0.2) is 0 Å². The predicted octanol–water partition coefficient (Wildman–Crippen LogP) is 0.214. The van der Waals surface area contributed by atoms with Crippen molar-refractivity contribution in [1.82, 2.24) is 0 Å². The van der Waals surface area contributed by atoms with Crippen molar-refractivity contribution >= 4 is 5.97 Å². The summed E-state index contributed by atoms with van der Waals surface area (Å²) in [4.78, 5) is 11.2. The normalized spacial score (nSPS) is 20.8. The molecule has 4 heteroatoms. The number of nitrogens with zero attached hydrogens (tertiary/aromatic N) is 1. The van der Waals surface area contributed by atoms with Crippen LogP contribution in [-0.2, 0) is 9.53 Å². The molecule has 4 nitrogen and oxygen atoms in total. The Kier molecular flexibility index (Phi) is 2.34. The van der Waals surface area contributed by atoms with Gasteiger partial charge in [0, 0.05) is 0 Å². The molecule has 0 aromatic heterocycles. The van der Waals surface area contributed by atoms with Crippen LogP contribution >= 0.6 is 0 Å². The van der Waals surface area contributed by atoms with E-state index in [0.29, 0.717) is 19.4 Å². The first-order valence-electron chi connectivity index (χ1n) is 3.92. The summed E-state index contributed by atoms with van der Waals surface area (Å²) in [5.41, 5.74) is -0.898. The highest BCUT2D eigenvalue weighted by molar-refractivity contribution is 5.81. The highest BCUT2D eigenvalue weighted by Crippen LogP contribution is 2.49. The fourth-order valence-electron chi connectivity index (χ4n) is 1.12. The van der Waals surface area contributed by atoms with Gasteiger partial charge in [-0.2, -0.15) is 5.26 Å². The fraction of sp³-hybridized carbons (Fsp3) is 0.750. The van der Waals surface area contributed by atoms with Crippen molar-refractivity contribution in [3.63, 3.8) is 0 Å². The minimum Gasteiger partial charge on any atom is -0.465 e. The molecule has 1 rings (SSSR count). The van der Waals surface area contributed by atoms with Gasteiger partial charge in [0.1, 0.15) is 5.41 Å². The molecule has 0 amide bonds. The molecule has 1 aliphatic rings. The van der Waals surface area contributed by atoms with E-state index in [2.05, 4.69) is 0 Å². The predicted molar refractivity (Wildman–Crippen MR) is 39.9 cm³/mol. The Hall–Kier alpha value is -1.08. The van der Waals surface area contributed by atoms with Crippen molar-refractivity contribution < 1.29 is 14.6 Å². The first-order valence-corrected chi connectivity index (χ1v) is 3.92. The van der Waals surface area contributed by atoms with Gasteiger partial charge in [0.15, 0.2) is 6.10 Å². The lowest BCUT2D eigenvalue weighted by molar-refractivity contribution is -0.152. The van der Waals surface area contributed by atoms with Crippen molar-refractivity contribution in [3.05, 3.63) is 0 Å². The molecule has 1 atom stereocenters. The van der Waals surface area contributed by atoms with Crippen LogP contribution in [0.2, 0.25) is 0 Å². The zero-order chi connectivity index (χ0) is 9.19. The second-order valence-corrected chi connectivity index (χ2v) is 2.91. The van der Waals surface area contributed by atoms with Crippen molar-refractivity contribution in [3.8, 4) is 6.07 Å². The molecule has 1 N–H and O–H groups in total. The van der Waals surface area contributed by atoms with Gasteiger partial charge in [-0.1, -0.05) is 0 Å². The maximum atomic E-state index is 11.2. The molecule has 0 radical (unpaired) electrons. The molecule has 66 valence electrons. The van der Waals surface area contributed by atoms with Crippen LogP contribution < -0.4 is 0 Å². The molecule has 0 saturated heterocycles. The molecule has 1 unspecified atom stereocenters. The number of ether oxygens (including phenoxy) is 1. The van der Waals surface area contributed by atoms with E-state index in [9.17, 15) is 9.90 Å². The van der Waals surface area contributed by atoms with Crippen molar-refractivity contribution in [2.45, 2.75) is 25.9 Å². The van der Waals surface area contributed by atoms with Crippen molar-refractivity contribution in [2.75, 3.05) is 6.61 Å². The molecule has 0 bridgehead atoms. The summed E-state index contributed by atoms with van der Waals surface area (Å²) in [5.74, 6) is -0.445. The van der Waals surface area contributed by atoms with Gasteiger partial charge < -0.3 is 9.84 Å². The number of rotatable bonds is 3. The highest BCUT2D eigenvalue weighted by Gasteiger charge is 2.57. The summed E-state index contributed by atoms with van der Waals surface area (Å²) in [7, 11) is 0. The zero-order valence-corrected chi connectivity index (χ0v) is 6.91. The minimum atomic E-state index is -1.21. The topological polar surface area (TPSA) is 70.3 Å². The van der Waals surface area contributed by atoms with E-state index in [4.69, 9.17) is 10.00 Å². The Bertz CT molecular complexity index is 227. The van der Waals surface area contributed by atoms with Crippen LogP contribution in [0.25, 0.3) is 0 Å². The molecule has 0 aliphatic heterocycles. The molecule has 1 saturated carbocycles. The molecular formula is C8H11NO3. The lowest BCUT2D eigenvalue weighted by Gasteiger charge is -2.13. The maximum absolute atomic E-state index is 11.2. The van der Waals surface area contributed by atoms with Gasteiger partial charge in [0.05, 0.1) is 12.7 Å². The van der Waals surface area contributed by atoms with Crippen LogP contribution in [0.5, 0.6) is 0 Å². The smallest absolute Gasteiger partial charge is 0.315 e. The maximum Gasteiger partial charge on any atom is 0.315 e. The quantitative estimate of drug-likeness (QED) is 0.484. The zero-order valence-electron chi connectivity index (χ0n) is 6.91. The molecular weight excluding hydrogens is 158 g/mol. The average Bonchev–Trinajstić information content (AvgIpc) is 2.84. The third kappa shape index (κ3) is 1.28. The van der Waals surface area contributed by atoms with Crippen molar-refractivity contribution in [2.24, 2.45) is 5.41 Å². The summed E-state index contributed by atoms with van der Waals surface area (Å²) in [6.45, 7) is 1.99. The third-order valence-electron chi connectivity index (χ3n) is 2.12. The second kappa shape index (κ2) is 3.11. The molecule has 1 aliphatic carbocycles. The molecule has 12 heavy (non-hydrogen) atoms. The number of aliphatic hydroxyl groups is 1. The average molecular weight is 169 g/mol. The van der Waals surface area contributed by atoms with E-state index in [0.717, 1.165) is 0 Å². The molecule has 0 heterocycles. The highest BCUT2D eigenvalue weighted by atomic mass is 16.5. The summed E-state index contributed by atoms with van der Waals surface area (Å²) in [6, 6.07) is 1.66. The summed E-state index contributed by atoms with van der Waals surface area (Å²) in [6.07, 6.45) is -0.0993. The van der Waals surface area contributed by atoms with E-state index in [-0.39, 0.29) is 0 Å². The van der Waals surface area contributed by atoms with Gasteiger partial charge in [-0.15, -0.1) is 0 Å². The number of hydrogen-bond acceptors (Lipinski definition) is 4. The lowest BCUT2D eigenvalue weighted by Crippen LogP contribution is -2.30. The Morgan fingerprint density at radius 2 is 2.42 bits per heavy atom. The van der Waals surface area contributed by atoms with Gasteiger partial charge in [0.2, 0.25) is 0 Å². The summed E-state index contributed by atoms with van der Waals surface area (Å²) in [5, 5.41) is 17.6. The second-order valence-electron chi connectivity index (χ2n) is 2.91. The number of carbonyl (C=O) groups is 1. The van der Waals surface area contributed by atoms with Gasteiger partial charge in [-0.05, 0) is 19.8 Å². The number of aliphatic hydroxyl groups excluding tert-OH is 1. The lowest BCUT2D eigenvalue weighted by atomic mass is 10.0. The standard InChI is InChI=1S/C8H11NO3/c1-2-12-7(11)8(3-4-8)6(10)5-9/h6,10H,2-4H2,1H3. The number of hydrogen-bond donors (Lipinski definition) is 1. The molecule has 0 aromatic rings. The molecule has 0 aromatic carbocycles. The summed E-state index contributed by atoms with van der Waals surface area (Å²) < 4.78 is 4.74. The largest absolute Gasteiger partial charge is 0.465 e. The van der Waals surface area contributed by atoms with Crippen LogP contribution in [0, 0.1) is 16.7 Å². The number of esters is 1. The number of carbonyl (C=O) groups excluding carboxylic acids is 1. The fourth-order valence-corrected chi connectivity index (χ4v) is 1.12. The van der Waals surface area contributed by atoms with E-state index < -0.39 is 17.5 Å². The molecule has 0 spiro atoms. The molecule has 1 fully saturated rings. The van der Waals surface area contributed by atoms with Crippen molar-refractivity contribution in [1.29, 1.82) is 5.26 Å². The first-order chi connectivity index (χ1) is 5.67. The van der Waals surface area contributed by atoms with E-state index in [1.807, 2.05) is 0 Å². The Labute approximate surface area is 70.7 Å². The Morgan fingerprint density at radius 1 is 1.83 bits per heavy atom. The van der Waals surface area contributed by atoms with Crippen LogP contribution in [0.3, 0.4) is 0 Å². The monoisotopic (exact) mass is 169 g/mol. The van der Waals surface area contributed by atoms with E-state index >= 15 is 0 Å². The summed E-state index contributed by atoms with van der Waals surface area (Å²) >= 11 is 0.